The molecule has 0 aromatic heterocycles. The number of phenols is 1. The van der Waals surface area contributed by atoms with Gasteiger partial charge in [0.1, 0.15) is 5.75 Å². The number of halogens is 1. The van der Waals surface area contributed by atoms with Crippen molar-refractivity contribution in [3.05, 3.63) is 40.4 Å². The number of hydrogen-bond acceptors (Lipinski definition) is 3. The summed E-state index contributed by atoms with van der Waals surface area (Å²) < 4.78 is 1.04. The van der Waals surface area contributed by atoms with Gasteiger partial charge in [-0.25, -0.2) is 0 Å². The van der Waals surface area contributed by atoms with Gasteiger partial charge in [0.2, 0.25) is 0 Å². The second-order valence-electron chi connectivity index (χ2n) is 7.39. The van der Waals surface area contributed by atoms with Crippen molar-refractivity contribution in [1.29, 1.82) is 0 Å². The third kappa shape index (κ3) is 3.49. The molecule has 1 aromatic rings. The number of hydrogen-bond donors (Lipinski definition) is 1. The molecule has 0 radical (unpaired) electrons. The van der Waals surface area contributed by atoms with Gasteiger partial charge in [0.15, 0.2) is 0 Å². The van der Waals surface area contributed by atoms with Crippen LogP contribution in [0.3, 0.4) is 0 Å². The molecule has 1 saturated carbocycles. The first-order valence-electron chi connectivity index (χ1n) is 8.78. The zero-order chi connectivity index (χ0) is 15.8. The summed E-state index contributed by atoms with van der Waals surface area (Å²) in [6.07, 6.45) is 7.72. The lowest BCUT2D eigenvalue weighted by Crippen LogP contribution is -2.47. The molecule has 1 saturated heterocycles. The zero-order valence-corrected chi connectivity index (χ0v) is 15.1. The number of fused-ring (bicyclic) bond motifs is 2. The third-order valence-electron chi connectivity index (χ3n) is 5.81. The zero-order valence-electron chi connectivity index (χ0n) is 13.5. The topological polar surface area (TPSA) is 26.7 Å². The Morgan fingerprint density at radius 2 is 1.83 bits per heavy atom. The van der Waals surface area contributed by atoms with Crippen molar-refractivity contribution < 1.29 is 5.11 Å². The Bertz CT molecular complexity index is 595. The maximum atomic E-state index is 10.0. The lowest BCUT2D eigenvalue weighted by atomic mass is 9.93. The van der Waals surface area contributed by atoms with Crippen molar-refractivity contribution >= 4 is 15.9 Å². The predicted molar refractivity (Wildman–Crippen MR) is 96.4 cm³/mol. The molecule has 3 nitrogen and oxygen atoms in total. The molecule has 2 aliphatic carbocycles. The van der Waals surface area contributed by atoms with E-state index in [1.54, 1.807) is 6.07 Å². The van der Waals surface area contributed by atoms with Crippen LogP contribution in [0.5, 0.6) is 5.75 Å². The van der Waals surface area contributed by atoms with E-state index in [2.05, 4.69) is 37.9 Å². The lowest BCUT2D eigenvalue weighted by Gasteiger charge is -2.37. The van der Waals surface area contributed by atoms with E-state index in [4.69, 9.17) is 0 Å². The first-order chi connectivity index (χ1) is 11.2. The van der Waals surface area contributed by atoms with Gasteiger partial charge in [0.05, 0.1) is 0 Å². The average molecular weight is 377 g/mol. The molecule has 1 aromatic carbocycles. The maximum Gasteiger partial charge on any atom is 0.120 e. The summed E-state index contributed by atoms with van der Waals surface area (Å²) in [5.74, 6) is 3.04. The highest BCUT2D eigenvalue weighted by molar-refractivity contribution is 9.10. The second kappa shape index (κ2) is 6.58. The lowest BCUT2D eigenvalue weighted by molar-refractivity contribution is 0.108. The Labute approximate surface area is 147 Å². The van der Waals surface area contributed by atoms with Crippen LogP contribution in [0.25, 0.3) is 0 Å². The van der Waals surface area contributed by atoms with Crippen LogP contribution in [0.15, 0.2) is 34.8 Å². The average Bonchev–Trinajstić information content (AvgIpc) is 3.16. The minimum absolute atomic E-state index is 0.407. The third-order valence-corrected chi connectivity index (χ3v) is 6.30. The van der Waals surface area contributed by atoms with Crippen molar-refractivity contribution in [2.45, 2.75) is 19.4 Å². The largest absolute Gasteiger partial charge is 0.508 e. The summed E-state index contributed by atoms with van der Waals surface area (Å²) in [5.41, 5.74) is 1.02. The van der Waals surface area contributed by atoms with Gasteiger partial charge in [0.25, 0.3) is 0 Å². The van der Waals surface area contributed by atoms with E-state index in [9.17, 15) is 5.11 Å². The van der Waals surface area contributed by atoms with Crippen molar-refractivity contribution in [1.82, 2.24) is 9.80 Å². The SMILES string of the molecule is Oc1ccc(Br)cc1CN1CCN(C[C@@H]2C[C@H]3C=C[C@H]2C3)CC1. The van der Waals surface area contributed by atoms with E-state index in [0.29, 0.717) is 5.75 Å². The van der Waals surface area contributed by atoms with E-state index in [1.165, 1.54) is 19.4 Å². The molecule has 3 aliphatic rings. The molecule has 1 aliphatic heterocycles. The Kier molecular flexibility index (Phi) is 4.48. The van der Waals surface area contributed by atoms with Gasteiger partial charge in [-0.1, -0.05) is 28.1 Å². The molecule has 4 rings (SSSR count). The summed E-state index contributed by atoms with van der Waals surface area (Å²) in [7, 11) is 0. The van der Waals surface area contributed by atoms with Gasteiger partial charge in [-0.2, -0.15) is 0 Å². The van der Waals surface area contributed by atoms with Crippen molar-refractivity contribution in [2.75, 3.05) is 32.7 Å². The van der Waals surface area contributed by atoms with E-state index in [1.807, 2.05) is 12.1 Å². The van der Waals surface area contributed by atoms with E-state index in [0.717, 1.165) is 60.5 Å². The molecular formula is C19H25BrN2O. The van der Waals surface area contributed by atoms with Crippen LogP contribution >= 0.6 is 15.9 Å². The van der Waals surface area contributed by atoms with Gasteiger partial charge >= 0.3 is 0 Å². The van der Waals surface area contributed by atoms with Crippen LogP contribution < -0.4 is 0 Å². The molecule has 4 heteroatoms. The Morgan fingerprint density at radius 1 is 1.04 bits per heavy atom. The van der Waals surface area contributed by atoms with E-state index in [-0.39, 0.29) is 0 Å². The van der Waals surface area contributed by atoms with Gasteiger partial charge < -0.3 is 10.0 Å². The Hall–Kier alpha value is -0.840. The van der Waals surface area contributed by atoms with Gasteiger partial charge in [-0.3, -0.25) is 4.90 Å². The monoisotopic (exact) mass is 376 g/mol. The standard InChI is InChI=1S/C19H25BrN2O/c20-18-3-4-19(23)17(11-18)13-22-7-5-21(6-8-22)12-16-10-14-1-2-15(16)9-14/h1-4,11,14-16,23H,5-10,12-13H2/t14-,15-,16-/m0/s1. The number of allylic oxidation sites excluding steroid dienone is 2. The molecule has 0 amide bonds. The highest BCUT2D eigenvalue weighted by Gasteiger charge is 2.36. The second-order valence-corrected chi connectivity index (χ2v) is 8.31. The highest BCUT2D eigenvalue weighted by atomic mass is 79.9. The molecule has 1 heterocycles. The molecular weight excluding hydrogens is 352 g/mol. The summed E-state index contributed by atoms with van der Waals surface area (Å²) in [6.45, 7) is 6.64. The van der Waals surface area contributed by atoms with Gasteiger partial charge in [-0.15, -0.1) is 0 Å². The smallest absolute Gasteiger partial charge is 0.120 e. The van der Waals surface area contributed by atoms with E-state index < -0.39 is 0 Å². The van der Waals surface area contributed by atoms with Gasteiger partial charge in [0, 0.05) is 49.3 Å². The van der Waals surface area contributed by atoms with Crippen LogP contribution in [0.4, 0.5) is 0 Å². The fourth-order valence-electron chi connectivity index (χ4n) is 4.49. The molecule has 2 fully saturated rings. The summed E-state index contributed by atoms with van der Waals surface area (Å²) >= 11 is 3.49. The molecule has 3 atom stereocenters. The first kappa shape index (κ1) is 15.7. The van der Waals surface area contributed by atoms with Crippen molar-refractivity contribution in [2.24, 2.45) is 17.8 Å². The number of benzene rings is 1. The number of aromatic hydroxyl groups is 1. The van der Waals surface area contributed by atoms with E-state index >= 15 is 0 Å². The Balaban J connectivity index is 1.27. The minimum atomic E-state index is 0.407. The summed E-state index contributed by atoms with van der Waals surface area (Å²) in [5, 5.41) is 10.0. The summed E-state index contributed by atoms with van der Waals surface area (Å²) in [4.78, 5) is 5.11. The molecule has 2 bridgehead atoms. The van der Waals surface area contributed by atoms with Crippen molar-refractivity contribution in [3.8, 4) is 5.75 Å². The normalized spacial score (nSPS) is 31.1. The fraction of sp³-hybridized carbons (Fsp3) is 0.579. The maximum absolute atomic E-state index is 10.0. The quantitative estimate of drug-likeness (QED) is 0.814. The predicted octanol–water partition coefficient (Wildman–Crippen LogP) is 3.48. The van der Waals surface area contributed by atoms with Crippen LogP contribution in [0.1, 0.15) is 18.4 Å². The Morgan fingerprint density at radius 3 is 2.52 bits per heavy atom. The molecule has 0 unspecified atom stereocenters. The van der Waals surface area contributed by atoms with Crippen LogP contribution in [0.2, 0.25) is 0 Å². The molecule has 124 valence electrons. The number of phenolic OH excluding ortho intramolecular Hbond substituents is 1. The highest BCUT2D eigenvalue weighted by Crippen LogP contribution is 2.43. The molecule has 0 spiro atoms. The first-order valence-corrected chi connectivity index (χ1v) is 9.57. The molecule has 1 N–H and O–H groups in total. The molecule has 23 heavy (non-hydrogen) atoms. The number of rotatable bonds is 4. The number of piperazine rings is 1. The van der Waals surface area contributed by atoms with Crippen LogP contribution in [0, 0.1) is 17.8 Å². The minimum Gasteiger partial charge on any atom is -0.508 e. The van der Waals surface area contributed by atoms with Gasteiger partial charge in [-0.05, 0) is 48.8 Å². The van der Waals surface area contributed by atoms with Crippen molar-refractivity contribution in [3.63, 3.8) is 0 Å². The summed E-state index contributed by atoms with van der Waals surface area (Å²) in [6, 6.07) is 5.70. The van der Waals surface area contributed by atoms with Crippen LogP contribution in [-0.4, -0.2) is 47.6 Å². The van der Waals surface area contributed by atoms with Crippen LogP contribution in [-0.2, 0) is 6.54 Å². The fourth-order valence-corrected chi connectivity index (χ4v) is 4.90. The number of nitrogens with zero attached hydrogens (tertiary/aromatic N) is 2.